The number of hydrogen-bond acceptors (Lipinski definition) is 4. The molecule has 1 aromatic rings. The molecule has 0 amide bonds. The number of thioether (sulfide) groups is 1. The van der Waals surface area contributed by atoms with E-state index in [9.17, 15) is 4.79 Å². The summed E-state index contributed by atoms with van der Waals surface area (Å²) >= 11 is 1.43. The molecule has 0 radical (unpaired) electrons. The first kappa shape index (κ1) is 13.5. The maximum absolute atomic E-state index is 10.6. The predicted octanol–water partition coefficient (Wildman–Crippen LogP) is 2.31. The summed E-state index contributed by atoms with van der Waals surface area (Å²) in [6.45, 7) is 3.70. The zero-order valence-corrected chi connectivity index (χ0v) is 10.9. The number of aromatic nitrogens is 1. The van der Waals surface area contributed by atoms with E-state index in [-0.39, 0.29) is 6.42 Å². The van der Waals surface area contributed by atoms with Gasteiger partial charge in [0, 0.05) is 12.1 Å². The van der Waals surface area contributed by atoms with Crippen molar-refractivity contribution in [2.75, 3.05) is 6.26 Å². The first-order chi connectivity index (χ1) is 8.01. The number of carboxylic acids is 1. The van der Waals surface area contributed by atoms with Crippen LogP contribution in [-0.4, -0.2) is 22.3 Å². The molecule has 1 N–H and O–H groups in total. The first-order valence-corrected chi connectivity index (χ1v) is 6.39. The minimum absolute atomic E-state index is 0.0623. The molecule has 0 fully saturated rings. The van der Waals surface area contributed by atoms with Crippen LogP contribution in [0.2, 0.25) is 0 Å². The molecule has 0 aliphatic carbocycles. The third kappa shape index (κ3) is 2.98. The highest BCUT2D eigenvalue weighted by Crippen LogP contribution is 2.25. The lowest BCUT2D eigenvalue weighted by Crippen LogP contribution is -2.05. The lowest BCUT2D eigenvalue weighted by atomic mass is 9.99. The molecule has 4 nitrogen and oxygen atoms in total. The van der Waals surface area contributed by atoms with Gasteiger partial charge in [-0.3, -0.25) is 4.79 Å². The van der Waals surface area contributed by atoms with Crippen molar-refractivity contribution in [1.29, 1.82) is 5.26 Å². The van der Waals surface area contributed by atoms with Crippen molar-refractivity contribution in [3.05, 3.63) is 22.4 Å². The molecule has 1 heterocycles. The van der Waals surface area contributed by atoms with Gasteiger partial charge in [-0.1, -0.05) is 0 Å². The topological polar surface area (TPSA) is 74.0 Å². The number of carbonyl (C=O) groups is 1. The molecule has 0 atom stereocenters. The van der Waals surface area contributed by atoms with E-state index in [1.165, 1.54) is 11.8 Å². The number of nitriles is 1. The molecule has 90 valence electrons. The average molecular weight is 250 g/mol. The van der Waals surface area contributed by atoms with Gasteiger partial charge in [0.25, 0.3) is 0 Å². The summed E-state index contributed by atoms with van der Waals surface area (Å²) in [5.74, 6) is -0.837. The van der Waals surface area contributed by atoms with E-state index in [2.05, 4.69) is 11.1 Å². The molecule has 0 aromatic carbocycles. The van der Waals surface area contributed by atoms with E-state index in [1.54, 1.807) is 0 Å². The third-order valence-corrected chi connectivity index (χ3v) is 3.32. The first-order valence-electron chi connectivity index (χ1n) is 5.17. The van der Waals surface area contributed by atoms with Crippen LogP contribution in [0, 0.1) is 25.2 Å². The molecule has 0 saturated heterocycles. The van der Waals surface area contributed by atoms with Gasteiger partial charge in [-0.15, -0.1) is 11.8 Å². The lowest BCUT2D eigenvalue weighted by molar-refractivity contribution is -0.136. The van der Waals surface area contributed by atoms with Crippen LogP contribution in [0.25, 0.3) is 0 Å². The number of rotatable bonds is 4. The number of nitrogens with zero attached hydrogens (tertiary/aromatic N) is 2. The Hall–Kier alpha value is -1.54. The van der Waals surface area contributed by atoms with Gasteiger partial charge in [0.05, 0.1) is 5.56 Å². The summed E-state index contributed by atoms with van der Waals surface area (Å²) in [4.78, 5) is 14.9. The van der Waals surface area contributed by atoms with Crippen molar-refractivity contribution < 1.29 is 9.90 Å². The smallest absolute Gasteiger partial charge is 0.303 e. The van der Waals surface area contributed by atoms with Crippen LogP contribution < -0.4 is 0 Å². The Morgan fingerprint density at radius 2 is 2.18 bits per heavy atom. The number of carboxylic acid groups (broad SMARTS) is 1. The van der Waals surface area contributed by atoms with Gasteiger partial charge in [-0.25, -0.2) is 4.98 Å². The molecule has 17 heavy (non-hydrogen) atoms. The molecular formula is C12H14N2O2S. The van der Waals surface area contributed by atoms with Gasteiger partial charge >= 0.3 is 5.97 Å². The summed E-state index contributed by atoms with van der Waals surface area (Å²) in [6, 6.07) is 2.14. The van der Waals surface area contributed by atoms with Crippen LogP contribution in [0.4, 0.5) is 0 Å². The number of pyridine rings is 1. The van der Waals surface area contributed by atoms with Gasteiger partial charge in [0.2, 0.25) is 0 Å². The van der Waals surface area contributed by atoms with Gasteiger partial charge in [0.15, 0.2) is 0 Å². The van der Waals surface area contributed by atoms with E-state index < -0.39 is 5.97 Å². The quantitative estimate of drug-likeness (QED) is 0.830. The molecule has 1 aromatic heterocycles. The van der Waals surface area contributed by atoms with Gasteiger partial charge in [0.1, 0.15) is 11.1 Å². The Labute approximate surface area is 105 Å². The van der Waals surface area contributed by atoms with Crippen molar-refractivity contribution in [3.8, 4) is 6.07 Å². The third-order valence-electron chi connectivity index (χ3n) is 2.64. The summed E-state index contributed by atoms with van der Waals surface area (Å²) in [5.41, 5.74) is 3.10. The van der Waals surface area contributed by atoms with Crippen molar-refractivity contribution in [3.63, 3.8) is 0 Å². The molecule has 0 bridgehead atoms. The lowest BCUT2D eigenvalue weighted by Gasteiger charge is -2.12. The van der Waals surface area contributed by atoms with E-state index in [0.717, 1.165) is 16.8 Å². The fraction of sp³-hybridized carbons (Fsp3) is 0.417. The Morgan fingerprint density at radius 3 is 2.65 bits per heavy atom. The van der Waals surface area contributed by atoms with E-state index >= 15 is 0 Å². The fourth-order valence-electron chi connectivity index (χ4n) is 1.74. The predicted molar refractivity (Wildman–Crippen MR) is 66.2 cm³/mol. The highest BCUT2D eigenvalue weighted by atomic mass is 32.2. The highest BCUT2D eigenvalue weighted by molar-refractivity contribution is 7.98. The average Bonchev–Trinajstić information content (AvgIpc) is 2.27. The standard InChI is InChI=1S/C12H14N2O2S/c1-7-9(4-5-11(15)16)8(2)14-12(17-3)10(7)6-13/h4-5H2,1-3H3,(H,15,16). The Morgan fingerprint density at radius 1 is 1.53 bits per heavy atom. The van der Waals surface area contributed by atoms with Crippen LogP contribution in [0.5, 0.6) is 0 Å². The Balaban J connectivity index is 3.23. The van der Waals surface area contributed by atoms with Gasteiger partial charge < -0.3 is 5.11 Å². The molecule has 1 rings (SSSR count). The molecule has 0 saturated carbocycles. The summed E-state index contributed by atoms with van der Waals surface area (Å²) in [7, 11) is 0. The number of aliphatic carboxylic acids is 1. The molecule has 5 heteroatoms. The van der Waals surface area contributed by atoms with E-state index in [0.29, 0.717) is 17.0 Å². The zero-order valence-electron chi connectivity index (χ0n) is 10.1. The van der Waals surface area contributed by atoms with Gasteiger partial charge in [-0.05, 0) is 37.7 Å². The number of hydrogen-bond donors (Lipinski definition) is 1. The Kier molecular flexibility index (Phi) is 4.53. The van der Waals surface area contributed by atoms with Crippen molar-refractivity contribution in [2.24, 2.45) is 0 Å². The van der Waals surface area contributed by atoms with Crippen LogP contribution in [-0.2, 0) is 11.2 Å². The van der Waals surface area contributed by atoms with Crippen LogP contribution in [0.3, 0.4) is 0 Å². The maximum Gasteiger partial charge on any atom is 0.303 e. The molecule has 0 aliphatic rings. The second-order valence-corrected chi connectivity index (χ2v) is 4.49. The van der Waals surface area contributed by atoms with Crippen LogP contribution >= 0.6 is 11.8 Å². The van der Waals surface area contributed by atoms with E-state index in [1.807, 2.05) is 20.1 Å². The minimum atomic E-state index is -0.837. The highest BCUT2D eigenvalue weighted by Gasteiger charge is 2.14. The fourth-order valence-corrected chi connectivity index (χ4v) is 2.37. The normalized spacial score (nSPS) is 10.0. The van der Waals surface area contributed by atoms with Crippen molar-refractivity contribution >= 4 is 17.7 Å². The molecule has 0 unspecified atom stereocenters. The minimum Gasteiger partial charge on any atom is -0.481 e. The Bertz CT molecular complexity index is 492. The van der Waals surface area contributed by atoms with Crippen LogP contribution in [0.15, 0.2) is 5.03 Å². The van der Waals surface area contributed by atoms with Crippen molar-refractivity contribution in [2.45, 2.75) is 31.7 Å². The molecular weight excluding hydrogens is 236 g/mol. The van der Waals surface area contributed by atoms with E-state index in [4.69, 9.17) is 10.4 Å². The second kappa shape index (κ2) is 5.69. The second-order valence-electron chi connectivity index (χ2n) is 3.69. The monoisotopic (exact) mass is 250 g/mol. The molecule has 0 aliphatic heterocycles. The zero-order chi connectivity index (χ0) is 13.0. The summed E-state index contributed by atoms with van der Waals surface area (Å²) in [6.07, 6.45) is 2.36. The number of aryl methyl sites for hydroxylation is 1. The van der Waals surface area contributed by atoms with Crippen LogP contribution in [0.1, 0.15) is 28.8 Å². The summed E-state index contributed by atoms with van der Waals surface area (Å²) < 4.78 is 0. The largest absolute Gasteiger partial charge is 0.481 e. The molecule has 0 spiro atoms. The maximum atomic E-state index is 10.6. The summed E-state index contributed by atoms with van der Waals surface area (Å²) in [5, 5.41) is 18.5. The van der Waals surface area contributed by atoms with Crippen molar-refractivity contribution in [1.82, 2.24) is 4.98 Å². The van der Waals surface area contributed by atoms with Gasteiger partial charge in [-0.2, -0.15) is 5.26 Å². The SMILES string of the molecule is CSc1nc(C)c(CCC(=O)O)c(C)c1C#N.